The normalized spacial score (nSPS) is 24.1. The highest BCUT2D eigenvalue weighted by molar-refractivity contribution is 7.92. The first-order valence-corrected chi connectivity index (χ1v) is 10.0. The summed E-state index contributed by atoms with van der Waals surface area (Å²) in [5.41, 5.74) is -1.67. The molecule has 0 heterocycles. The number of benzene rings is 2. The van der Waals surface area contributed by atoms with E-state index in [2.05, 4.69) is 0 Å². The Morgan fingerprint density at radius 2 is 1.96 bits per heavy atom. The highest BCUT2D eigenvalue weighted by Gasteiger charge is 2.77. The predicted molar refractivity (Wildman–Crippen MR) is 96.2 cm³/mol. The van der Waals surface area contributed by atoms with Gasteiger partial charge in [0.15, 0.2) is 15.3 Å². The maximum absolute atomic E-state index is 13.7. The van der Waals surface area contributed by atoms with Crippen LogP contribution in [0.3, 0.4) is 0 Å². The molecule has 0 aromatic heterocycles. The molecular weight excluding hydrogens is 393 g/mol. The van der Waals surface area contributed by atoms with Crippen molar-refractivity contribution in [2.45, 2.75) is 23.0 Å². The number of nitriles is 1. The molecule has 1 aliphatic rings. The standard InChI is InChI=1S/C19H15ClFNO4S/c1-2-26-18(23)19(11-22)16(12-4-3-5-14(21)10-12)17(19)27(24,25)15-8-6-13(20)7-9-15/h3-10,16-17H,2H2,1H3/t16-,17-,19+/m0/s1. The van der Waals surface area contributed by atoms with Crippen molar-refractivity contribution in [3.63, 3.8) is 0 Å². The summed E-state index contributed by atoms with van der Waals surface area (Å²) in [6.45, 7) is 1.55. The number of rotatable bonds is 5. The van der Waals surface area contributed by atoms with Gasteiger partial charge in [-0.1, -0.05) is 23.7 Å². The van der Waals surface area contributed by atoms with Gasteiger partial charge in [-0.3, -0.25) is 4.79 Å². The minimum atomic E-state index is -4.08. The minimum Gasteiger partial charge on any atom is -0.465 e. The maximum Gasteiger partial charge on any atom is 0.328 e. The molecule has 0 amide bonds. The van der Waals surface area contributed by atoms with E-state index in [1.165, 1.54) is 42.5 Å². The molecule has 0 radical (unpaired) electrons. The SMILES string of the molecule is CCOC(=O)[C@]1(C#N)[C@@H](c2cccc(F)c2)[C@@H]1S(=O)(=O)c1ccc(Cl)cc1. The summed E-state index contributed by atoms with van der Waals surface area (Å²) in [6, 6.07) is 12.5. The summed E-state index contributed by atoms with van der Waals surface area (Å²) in [6.07, 6.45) is 0. The molecule has 8 heteroatoms. The van der Waals surface area contributed by atoms with Gasteiger partial charge in [0.2, 0.25) is 0 Å². The van der Waals surface area contributed by atoms with Crippen molar-refractivity contribution in [2.24, 2.45) is 5.41 Å². The molecule has 0 unspecified atom stereocenters. The van der Waals surface area contributed by atoms with E-state index in [0.717, 1.165) is 6.07 Å². The maximum atomic E-state index is 13.7. The lowest BCUT2D eigenvalue weighted by atomic mass is 10.0. The molecular formula is C19H15ClFNO4S. The number of halogens is 2. The molecule has 27 heavy (non-hydrogen) atoms. The van der Waals surface area contributed by atoms with Gasteiger partial charge in [-0.2, -0.15) is 5.26 Å². The molecule has 0 aliphatic heterocycles. The zero-order valence-electron chi connectivity index (χ0n) is 14.2. The van der Waals surface area contributed by atoms with Crippen molar-refractivity contribution in [3.05, 3.63) is 64.9 Å². The molecule has 3 rings (SSSR count). The van der Waals surface area contributed by atoms with Gasteiger partial charge in [0.1, 0.15) is 11.1 Å². The van der Waals surface area contributed by atoms with Crippen LogP contribution < -0.4 is 0 Å². The number of nitrogens with zero attached hydrogens (tertiary/aromatic N) is 1. The lowest BCUT2D eigenvalue weighted by Crippen LogP contribution is -2.25. The van der Waals surface area contributed by atoms with E-state index in [0.29, 0.717) is 5.02 Å². The third-order valence-corrected chi connectivity index (χ3v) is 7.11. The molecule has 1 aliphatic carbocycles. The Hall–Kier alpha value is -2.43. The number of sulfone groups is 1. The van der Waals surface area contributed by atoms with E-state index in [4.69, 9.17) is 16.3 Å². The molecule has 0 saturated heterocycles. The Morgan fingerprint density at radius 3 is 2.52 bits per heavy atom. The summed E-state index contributed by atoms with van der Waals surface area (Å²) < 4.78 is 45.0. The van der Waals surface area contributed by atoms with Crippen LogP contribution in [0, 0.1) is 22.6 Å². The largest absolute Gasteiger partial charge is 0.465 e. The number of carbonyl (C=O) groups excluding carboxylic acids is 1. The van der Waals surface area contributed by atoms with Crippen LogP contribution in [-0.4, -0.2) is 26.2 Å². The average molecular weight is 408 g/mol. The van der Waals surface area contributed by atoms with E-state index >= 15 is 0 Å². The van der Waals surface area contributed by atoms with Crippen LogP contribution >= 0.6 is 11.6 Å². The second-order valence-electron chi connectivity index (χ2n) is 6.15. The van der Waals surface area contributed by atoms with Crippen molar-refractivity contribution in [2.75, 3.05) is 6.61 Å². The molecule has 0 bridgehead atoms. The zero-order chi connectivity index (χ0) is 19.8. The fraction of sp³-hybridized carbons (Fsp3) is 0.263. The second-order valence-corrected chi connectivity index (χ2v) is 8.66. The Labute approximate surface area is 161 Å². The number of carbonyl (C=O) groups is 1. The molecule has 5 nitrogen and oxygen atoms in total. The summed E-state index contributed by atoms with van der Waals surface area (Å²) >= 11 is 5.81. The zero-order valence-corrected chi connectivity index (χ0v) is 15.8. The van der Waals surface area contributed by atoms with Gasteiger partial charge in [-0.25, -0.2) is 12.8 Å². The monoisotopic (exact) mass is 407 g/mol. The Bertz CT molecular complexity index is 1030. The number of ether oxygens (including phenoxy) is 1. The molecule has 3 atom stereocenters. The topological polar surface area (TPSA) is 84.2 Å². The van der Waals surface area contributed by atoms with Gasteiger partial charge >= 0.3 is 5.97 Å². The van der Waals surface area contributed by atoms with Crippen LogP contribution in [0.25, 0.3) is 0 Å². The van der Waals surface area contributed by atoms with Gasteiger partial charge in [0.25, 0.3) is 0 Å². The van der Waals surface area contributed by atoms with Crippen LogP contribution in [0.1, 0.15) is 18.4 Å². The molecule has 2 aromatic carbocycles. The lowest BCUT2D eigenvalue weighted by Gasteiger charge is -2.09. The molecule has 140 valence electrons. The minimum absolute atomic E-state index is 0.00809. The van der Waals surface area contributed by atoms with E-state index in [1.807, 2.05) is 6.07 Å². The molecule has 1 fully saturated rings. The van der Waals surface area contributed by atoms with E-state index in [-0.39, 0.29) is 17.1 Å². The van der Waals surface area contributed by atoms with Gasteiger partial charge in [-0.05, 0) is 48.9 Å². The summed E-state index contributed by atoms with van der Waals surface area (Å²) in [5.74, 6) is -2.54. The Balaban J connectivity index is 2.14. The predicted octanol–water partition coefficient (Wildman–Crippen LogP) is 3.49. The quantitative estimate of drug-likeness (QED) is 0.708. The number of hydrogen-bond donors (Lipinski definition) is 0. The van der Waals surface area contributed by atoms with Crippen molar-refractivity contribution >= 4 is 27.4 Å². The number of hydrogen-bond acceptors (Lipinski definition) is 5. The van der Waals surface area contributed by atoms with Gasteiger partial charge in [0, 0.05) is 10.9 Å². The fourth-order valence-electron chi connectivity index (χ4n) is 3.36. The first-order valence-electron chi connectivity index (χ1n) is 8.12. The second kappa shape index (κ2) is 6.95. The van der Waals surface area contributed by atoms with Crippen LogP contribution in [0.2, 0.25) is 5.02 Å². The first kappa shape index (κ1) is 19.3. The highest BCUT2D eigenvalue weighted by Crippen LogP contribution is 2.64. The summed E-state index contributed by atoms with van der Waals surface area (Å²) in [7, 11) is -4.08. The lowest BCUT2D eigenvalue weighted by molar-refractivity contribution is -0.147. The first-order chi connectivity index (χ1) is 12.8. The van der Waals surface area contributed by atoms with E-state index in [1.54, 1.807) is 6.92 Å². The van der Waals surface area contributed by atoms with Gasteiger partial charge in [0.05, 0.1) is 17.6 Å². The summed E-state index contributed by atoms with van der Waals surface area (Å²) in [4.78, 5) is 12.5. The molecule has 1 saturated carbocycles. The van der Waals surface area contributed by atoms with E-state index < -0.39 is 38.2 Å². The summed E-state index contributed by atoms with van der Waals surface area (Å²) in [5, 5.41) is 8.72. The van der Waals surface area contributed by atoms with Crippen LogP contribution in [0.15, 0.2) is 53.4 Å². The average Bonchev–Trinajstić information content (AvgIpc) is 3.34. The molecule has 0 N–H and O–H groups in total. The van der Waals surface area contributed by atoms with Crippen molar-refractivity contribution in [3.8, 4) is 6.07 Å². The number of esters is 1. The third kappa shape index (κ3) is 3.09. The van der Waals surface area contributed by atoms with Crippen molar-refractivity contribution < 1.29 is 22.3 Å². The van der Waals surface area contributed by atoms with Gasteiger partial charge in [-0.15, -0.1) is 0 Å². The third-order valence-electron chi connectivity index (χ3n) is 4.62. The molecule has 2 aromatic rings. The Kier molecular flexibility index (Phi) is 4.98. The smallest absolute Gasteiger partial charge is 0.328 e. The van der Waals surface area contributed by atoms with Crippen LogP contribution in [0.4, 0.5) is 4.39 Å². The van der Waals surface area contributed by atoms with Crippen molar-refractivity contribution in [1.82, 2.24) is 0 Å². The van der Waals surface area contributed by atoms with Gasteiger partial charge < -0.3 is 4.74 Å². The fourth-order valence-corrected chi connectivity index (χ4v) is 5.73. The van der Waals surface area contributed by atoms with Crippen LogP contribution in [-0.2, 0) is 19.4 Å². The van der Waals surface area contributed by atoms with Crippen molar-refractivity contribution in [1.29, 1.82) is 5.26 Å². The van der Waals surface area contributed by atoms with E-state index in [9.17, 15) is 22.9 Å². The van der Waals surface area contributed by atoms with Crippen LogP contribution in [0.5, 0.6) is 0 Å². The molecule has 0 spiro atoms. The highest BCUT2D eigenvalue weighted by atomic mass is 35.5. The Morgan fingerprint density at radius 1 is 1.30 bits per heavy atom.